The Morgan fingerprint density at radius 2 is 2.17 bits per heavy atom. The smallest absolute Gasteiger partial charge is 0.346 e. The molecule has 0 radical (unpaired) electrons. The number of halogens is 2. The first kappa shape index (κ1) is 12.8. The first-order chi connectivity index (χ1) is 8.41. The molecule has 0 saturated heterocycles. The molecule has 1 heterocycles. The van der Waals surface area contributed by atoms with Crippen LogP contribution in [0.2, 0.25) is 5.02 Å². The molecule has 1 aromatic rings. The normalized spacial score (nSPS) is 19.6. The number of aliphatic imine (C=N–C) groups is 1. The van der Waals surface area contributed by atoms with Crippen molar-refractivity contribution in [2.75, 3.05) is 0 Å². The molecule has 0 aliphatic carbocycles. The zero-order chi connectivity index (χ0) is 13.4. The molecule has 2 N–H and O–H groups in total. The second-order valence-electron chi connectivity index (χ2n) is 4.39. The van der Waals surface area contributed by atoms with Gasteiger partial charge in [-0.15, -0.1) is 0 Å². The van der Waals surface area contributed by atoms with E-state index in [0.29, 0.717) is 5.02 Å². The number of carbonyl (C=O) groups is 1. The lowest BCUT2D eigenvalue weighted by Crippen LogP contribution is -2.38. The molecule has 0 spiro atoms. The van der Waals surface area contributed by atoms with Gasteiger partial charge in [0.05, 0.1) is 0 Å². The molecule has 4 nitrogen and oxygen atoms in total. The summed E-state index contributed by atoms with van der Waals surface area (Å²) >= 11 is 5.86. The molecule has 6 heteroatoms. The predicted octanol–water partition coefficient (Wildman–Crippen LogP) is 2.72. The van der Waals surface area contributed by atoms with Crippen LogP contribution in [0.5, 0.6) is 0 Å². The first-order valence-corrected chi connectivity index (χ1v) is 5.91. The van der Waals surface area contributed by atoms with Crippen LogP contribution >= 0.6 is 11.6 Å². The van der Waals surface area contributed by atoms with Crippen LogP contribution in [0.1, 0.15) is 25.5 Å². The summed E-state index contributed by atoms with van der Waals surface area (Å²) in [5.74, 6) is -0.363. The summed E-state index contributed by atoms with van der Waals surface area (Å²) < 4.78 is 13.9. The summed E-state index contributed by atoms with van der Waals surface area (Å²) in [4.78, 5) is 16.8. The van der Waals surface area contributed by atoms with E-state index in [2.05, 4.69) is 4.99 Å². The topological polar surface area (TPSA) is 58.7 Å². The minimum absolute atomic E-state index is 0.0925. The van der Waals surface area contributed by atoms with Gasteiger partial charge in [-0.25, -0.2) is 9.18 Å². The van der Waals surface area contributed by atoms with Crippen LogP contribution in [0.3, 0.4) is 0 Å². The van der Waals surface area contributed by atoms with Gasteiger partial charge in [0.25, 0.3) is 0 Å². The van der Waals surface area contributed by atoms with Crippen LogP contribution in [0.15, 0.2) is 23.2 Å². The Morgan fingerprint density at radius 1 is 1.50 bits per heavy atom. The molecule has 1 atom stereocenters. The van der Waals surface area contributed by atoms with Gasteiger partial charge in [-0.1, -0.05) is 11.6 Å². The average Bonchev–Trinajstić information content (AvgIpc) is 2.57. The van der Waals surface area contributed by atoms with Crippen LogP contribution in [0.4, 0.5) is 9.18 Å². The average molecular weight is 270 g/mol. The van der Waals surface area contributed by atoms with Gasteiger partial charge in [0.1, 0.15) is 17.7 Å². The molecule has 2 rings (SSSR count). The van der Waals surface area contributed by atoms with Crippen molar-refractivity contribution in [1.29, 1.82) is 0 Å². The van der Waals surface area contributed by atoms with Crippen molar-refractivity contribution >= 4 is 23.5 Å². The van der Waals surface area contributed by atoms with E-state index >= 15 is 0 Å². The highest BCUT2D eigenvalue weighted by molar-refractivity contribution is 6.30. The zero-order valence-corrected chi connectivity index (χ0v) is 10.8. The standard InChI is InChI=1S/C12H13ClFN3O/c1-6(2)17-10(11(15)16-12(17)18)8-5-7(13)3-4-9(8)14/h3-6,10H,1-2H3,(H2,15,16,18). The van der Waals surface area contributed by atoms with Crippen LogP contribution in [-0.2, 0) is 0 Å². The van der Waals surface area contributed by atoms with Gasteiger partial charge in [0.15, 0.2) is 0 Å². The van der Waals surface area contributed by atoms with Crippen molar-refractivity contribution in [3.8, 4) is 0 Å². The van der Waals surface area contributed by atoms with E-state index in [4.69, 9.17) is 17.3 Å². The quantitative estimate of drug-likeness (QED) is 0.897. The van der Waals surface area contributed by atoms with Gasteiger partial charge in [-0.05, 0) is 32.0 Å². The summed E-state index contributed by atoms with van der Waals surface area (Å²) in [6.07, 6.45) is 0. The minimum atomic E-state index is -0.684. The largest absolute Gasteiger partial charge is 0.385 e. The molecular weight excluding hydrogens is 257 g/mol. The highest BCUT2D eigenvalue weighted by atomic mass is 35.5. The molecule has 0 aromatic heterocycles. The molecule has 96 valence electrons. The molecular formula is C12H13ClFN3O. The van der Waals surface area contributed by atoms with Crippen molar-refractivity contribution in [2.45, 2.75) is 25.9 Å². The number of amides is 2. The second kappa shape index (κ2) is 4.57. The second-order valence-corrected chi connectivity index (χ2v) is 4.83. The minimum Gasteiger partial charge on any atom is -0.385 e. The van der Waals surface area contributed by atoms with Gasteiger partial charge < -0.3 is 10.6 Å². The van der Waals surface area contributed by atoms with Crippen molar-refractivity contribution in [3.05, 3.63) is 34.6 Å². The number of rotatable bonds is 2. The van der Waals surface area contributed by atoms with E-state index < -0.39 is 17.9 Å². The lowest BCUT2D eigenvalue weighted by molar-refractivity contribution is 0.189. The number of hydrogen-bond acceptors (Lipinski definition) is 2. The van der Waals surface area contributed by atoms with Crippen LogP contribution in [-0.4, -0.2) is 22.8 Å². The van der Waals surface area contributed by atoms with E-state index in [1.165, 1.54) is 23.1 Å². The van der Waals surface area contributed by atoms with Crippen LogP contribution < -0.4 is 5.73 Å². The molecule has 0 bridgehead atoms. The number of nitrogens with two attached hydrogens (primary N) is 1. The Morgan fingerprint density at radius 3 is 2.78 bits per heavy atom. The number of hydrogen-bond donors (Lipinski definition) is 1. The molecule has 1 aromatic carbocycles. The van der Waals surface area contributed by atoms with Crippen LogP contribution in [0.25, 0.3) is 0 Å². The fourth-order valence-corrected chi connectivity index (χ4v) is 2.22. The fraction of sp³-hybridized carbons (Fsp3) is 0.333. The maximum Gasteiger partial charge on any atom is 0.346 e. The molecule has 0 fully saturated rings. The molecule has 1 unspecified atom stereocenters. The summed E-state index contributed by atoms with van der Waals surface area (Å²) in [7, 11) is 0. The Bertz CT molecular complexity index is 530. The lowest BCUT2D eigenvalue weighted by Gasteiger charge is -2.28. The number of carbonyl (C=O) groups excluding carboxylic acids is 1. The van der Waals surface area contributed by atoms with Gasteiger partial charge in [-0.3, -0.25) is 0 Å². The third kappa shape index (κ3) is 2.06. The fourth-order valence-electron chi connectivity index (χ4n) is 2.03. The summed E-state index contributed by atoms with van der Waals surface area (Å²) in [6.45, 7) is 3.64. The predicted molar refractivity (Wildman–Crippen MR) is 68.1 cm³/mol. The summed E-state index contributed by atoms with van der Waals surface area (Å²) in [5.41, 5.74) is 5.99. The van der Waals surface area contributed by atoms with E-state index in [-0.39, 0.29) is 17.4 Å². The highest BCUT2D eigenvalue weighted by Crippen LogP contribution is 2.31. The molecule has 18 heavy (non-hydrogen) atoms. The van der Waals surface area contributed by atoms with Crippen molar-refractivity contribution in [3.63, 3.8) is 0 Å². The zero-order valence-electron chi connectivity index (χ0n) is 10.0. The summed E-state index contributed by atoms with van der Waals surface area (Å²) in [5, 5.41) is 0.391. The first-order valence-electron chi connectivity index (χ1n) is 5.53. The van der Waals surface area contributed by atoms with Crippen molar-refractivity contribution in [1.82, 2.24) is 4.90 Å². The van der Waals surface area contributed by atoms with Gasteiger partial charge >= 0.3 is 6.03 Å². The van der Waals surface area contributed by atoms with Crippen molar-refractivity contribution < 1.29 is 9.18 Å². The molecule has 1 aliphatic heterocycles. The Labute approximate surface area is 109 Å². The molecule has 0 saturated carbocycles. The lowest BCUT2D eigenvalue weighted by atomic mass is 10.0. The Kier molecular flexibility index (Phi) is 3.26. The number of amidine groups is 1. The number of nitrogens with zero attached hydrogens (tertiary/aromatic N) is 2. The highest BCUT2D eigenvalue weighted by Gasteiger charge is 2.37. The number of benzene rings is 1. The van der Waals surface area contributed by atoms with E-state index in [1.807, 2.05) is 13.8 Å². The molecule has 2 amide bonds. The Hall–Kier alpha value is -1.62. The third-order valence-electron chi connectivity index (χ3n) is 2.81. The van der Waals surface area contributed by atoms with E-state index in [1.54, 1.807) is 0 Å². The molecule has 1 aliphatic rings. The van der Waals surface area contributed by atoms with E-state index in [9.17, 15) is 9.18 Å². The summed E-state index contributed by atoms with van der Waals surface area (Å²) in [6, 6.07) is 2.91. The van der Waals surface area contributed by atoms with Gasteiger partial charge in [0, 0.05) is 16.6 Å². The maximum absolute atomic E-state index is 13.9. The van der Waals surface area contributed by atoms with Gasteiger partial charge in [-0.2, -0.15) is 4.99 Å². The number of urea groups is 1. The Balaban J connectivity index is 2.51. The van der Waals surface area contributed by atoms with E-state index in [0.717, 1.165) is 0 Å². The maximum atomic E-state index is 13.9. The van der Waals surface area contributed by atoms with Crippen LogP contribution in [0, 0.1) is 5.82 Å². The monoisotopic (exact) mass is 269 g/mol. The van der Waals surface area contributed by atoms with Gasteiger partial charge in [0.2, 0.25) is 0 Å². The SMILES string of the molecule is CC(C)N1C(=O)N=C(N)C1c1cc(Cl)ccc1F. The van der Waals surface area contributed by atoms with Crippen molar-refractivity contribution in [2.24, 2.45) is 10.7 Å². The third-order valence-corrected chi connectivity index (χ3v) is 3.05.